The molecule has 0 atom stereocenters. The van der Waals surface area contributed by atoms with Crippen LogP contribution in [0.25, 0.3) is 0 Å². The van der Waals surface area contributed by atoms with Crippen LogP contribution in [0.3, 0.4) is 0 Å². The number of aromatic nitrogens is 3. The number of rotatable bonds is 6. The number of nitrogens with zero attached hydrogens (tertiary/aromatic N) is 4. The van der Waals surface area contributed by atoms with Crippen LogP contribution in [0.2, 0.25) is 0 Å². The van der Waals surface area contributed by atoms with Crippen LogP contribution in [-0.4, -0.2) is 53.2 Å². The van der Waals surface area contributed by atoms with Gasteiger partial charge in [0.2, 0.25) is 0 Å². The van der Waals surface area contributed by atoms with Gasteiger partial charge in [0, 0.05) is 42.2 Å². The zero-order valence-corrected chi connectivity index (χ0v) is 16.4. The van der Waals surface area contributed by atoms with E-state index in [-0.39, 0.29) is 11.9 Å². The number of nitrogens with one attached hydrogen (secondary N) is 1. The normalized spacial score (nSPS) is 22.3. The maximum absolute atomic E-state index is 12.4. The maximum Gasteiger partial charge on any atom is 0.270 e. The molecule has 1 saturated heterocycles. The first kappa shape index (κ1) is 18.3. The molecular formula is C19H25N5O2S. The van der Waals surface area contributed by atoms with E-state index in [1.54, 1.807) is 17.7 Å². The Balaban J connectivity index is 1.30. The predicted octanol–water partition coefficient (Wildman–Crippen LogP) is 2.40. The maximum atomic E-state index is 12.4. The van der Waals surface area contributed by atoms with Gasteiger partial charge in [-0.25, -0.2) is 15.0 Å². The van der Waals surface area contributed by atoms with Gasteiger partial charge in [0.05, 0.1) is 18.2 Å². The van der Waals surface area contributed by atoms with Gasteiger partial charge >= 0.3 is 0 Å². The van der Waals surface area contributed by atoms with E-state index < -0.39 is 0 Å². The number of amides is 1. The molecule has 1 aliphatic carbocycles. The summed E-state index contributed by atoms with van der Waals surface area (Å²) < 4.78 is 5.40. The molecule has 8 heteroatoms. The summed E-state index contributed by atoms with van der Waals surface area (Å²) in [7, 11) is 0. The van der Waals surface area contributed by atoms with E-state index in [9.17, 15) is 4.79 Å². The van der Waals surface area contributed by atoms with Crippen LogP contribution in [0.5, 0.6) is 0 Å². The van der Waals surface area contributed by atoms with Crippen molar-refractivity contribution in [2.75, 3.05) is 31.2 Å². The fourth-order valence-electron chi connectivity index (χ4n) is 3.53. The quantitative estimate of drug-likeness (QED) is 0.820. The number of carbonyl (C=O) groups excluding carboxylic acids is 1. The Labute approximate surface area is 163 Å². The number of thiazole rings is 1. The molecule has 1 aliphatic heterocycles. The van der Waals surface area contributed by atoms with E-state index in [0.717, 1.165) is 68.5 Å². The highest BCUT2D eigenvalue weighted by Crippen LogP contribution is 2.36. The van der Waals surface area contributed by atoms with Crippen molar-refractivity contribution in [1.29, 1.82) is 0 Å². The van der Waals surface area contributed by atoms with Gasteiger partial charge in [-0.1, -0.05) is 6.92 Å². The van der Waals surface area contributed by atoms with Crippen molar-refractivity contribution >= 4 is 23.1 Å². The number of ether oxygens (including phenoxy) is 1. The first-order valence-corrected chi connectivity index (χ1v) is 10.5. The molecule has 0 unspecified atom stereocenters. The molecule has 7 nitrogen and oxygen atoms in total. The van der Waals surface area contributed by atoms with E-state index in [4.69, 9.17) is 4.74 Å². The molecule has 2 aliphatic rings. The minimum atomic E-state index is -0.0613. The van der Waals surface area contributed by atoms with Gasteiger partial charge in [0.1, 0.15) is 17.8 Å². The number of morpholine rings is 1. The minimum absolute atomic E-state index is 0.0613. The van der Waals surface area contributed by atoms with Crippen molar-refractivity contribution in [3.63, 3.8) is 0 Å². The van der Waals surface area contributed by atoms with E-state index in [1.165, 1.54) is 0 Å². The van der Waals surface area contributed by atoms with Crippen LogP contribution in [0.4, 0.5) is 5.82 Å². The lowest BCUT2D eigenvalue weighted by atomic mass is 9.78. The lowest BCUT2D eigenvalue weighted by Gasteiger charge is -2.36. The molecule has 1 amide bonds. The summed E-state index contributed by atoms with van der Waals surface area (Å²) in [6, 6.07) is 2.28. The smallest absolute Gasteiger partial charge is 0.270 e. The van der Waals surface area contributed by atoms with Crippen LogP contribution < -0.4 is 10.2 Å². The van der Waals surface area contributed by atoms with Gasteiger partial charge in [-0.15, -0.1) is 11.3 Å². The van der Waals surface area contributed by atoms with Crippen molar-refractivity contribution < 1.29 is 9.53 Å². The average Bonchev–Trinajstić information content (AvgIpc) is 3.14. The van der Waals surface area contributed by atoms with E-state index >= 15 is 0 Å². The Morgan fingerprint density at radius 1 is 1.33 bits per heavy atom. The summed E-state index contributed by atoms with van der Waals surface area (Å²) in [5.74, 6) is 1.29. The summed E-state index contributed by atoms with van der Waals surface area (Å²) in [4.78, 5) is 27.9. The zero-order valence-electron chi connectivity index (χ0n) is 15.6. The highest BCUT2D eigenvalue weighted by Gasteiger charge is 2.33. The van der Waals surface area contributed by atoms with E-state index in [2.05, 4.69) is 38.2 Å². The molecule has 0 bridgehead atoms. The van der Waals surface area contributed by atoms with E-state index in [1.807, 2.05) is 5.38 Å². The lowest BCUT2D eigenvalue weighted by Crippen LogP contribution is -2.43. The van der Waals surface area contributed by atoms with Crippen LogP contribution in [0.15, 0.2) is 17.8 Å². The van der Waals surface area contributed by atoms with Crippen molar-refractivity contribution in [2.24, 2.45) is 0 Å². The average molecular weight is 388 g/mol. The molecule has 3 heterocycles. The third kappa shape index (κ3) is 4.27. The first-order valence-electron chi connectivity index (χ1n) is 9.63. The standard InChI is InChI=1S/C19H25N5O2S/c1-2-3-18-23-16(11-27-18)19(25)22-14-8-13(9-14)15-10-17(21-12-20-15)24-4-6-26-7-5-24/h10-14H,2-9H2,1H3,(H,22,25). The molecule has 4 rings (SSSR count). The number of aryl methyl sites for hydroxylation is 1. The number of hydrogen-bond donors (Lipinski definition) is 1. The van der Waals surface area contributed by atoms with Gasteiger partial charge in [-0.2, -0.15) is 0 Å². The molecule has 2 aromatic heterocycles. The SMILES string of the molecule is CCCc1nc(C(=O)NC2CC(c3cc(N4CCOCC4)ncn3)C2)cs1. The molecule has 2 aromatic rings. The van der Waals surface area contributed by atoms with Crippen LogP contribution in [-0.2, 0) is 11.2 Å². The highest BCUT2D eigenvalue weighted by molar-refractivity contribution is 7.09. The number of anilines is 1. The van der Waals surface area contributed by atoms with Crippen LogP contribution in [0, 0.1) is 0 Å². The van der Waals surface area contributed by atoms with Crippen LogP contribution in [0.1, 0.15) is 53.3 Å². The minimum Gasteiger partial charge on any atom is -0.378 e. The summed E-state index contributed by atoms with van der Waals surface area (Å²) in [5, 5.41) is 5.99. The molecule has 0 aromatic carbocycles. The van der Waals surface area contributed by atoms with Crippen molar-refractivity contribution in [1.82, 2.24) is 20.3 Å². The first-order chi connectivity index (χ1) is 13.2. The van der Waals surface area contributed by atoms with Gasteiger partial charge in [-0.3, -0.25) is 4.79 Å². The molecule has 2 fully saturated rings. The van der Waals surface area contributed by atoms with Gasteiger partial charge in [0.15, 0.2) is 0 Å². The fourth-order valence-corrected chi connectivity index (χ4v) is 4.41. The number of hydrogen-bond acceptors (Lipinski definition) is 7. The van der Waals surface area contributed by atoms with Gasteiger partial charge < -0.3 is 15.0 Å². The Kier molecular flexibility index (Phi) is 5.63. The second kappa shape index (κ2) is 8.31. The molecular weight excluding hydrogens is 362 g/mol. The summed E-state index contributed by atoms with van der Waals surface area (Å²) >= 11 is 1.57. The highest BCUT2D eigenvalue weighted by atomic mass is 32.1. The Morgan fingerprint density at radius 2 is 2.15 bits per heavy atom. The summed E-state index contributed by atoms with van der Waals surface area (Å²) in [6.45, 7) is 5.34. The summed E-state index contributed by atoms with van der Waals surface area (Å²) in [5.41, 5.74) is 1.61. The lowest BCUT2D eigenvalue weighted by molar-refractivity contribution is 0.0903. The largest absolute Gasteiger partial charge is 0.378 e. The molecule has 27 heavy (non-hydrogen) atoms. The zero-order chi connectivity index (χ0) is 18.6. The molecule has 0 spiro atoms. The van der Waals surface area contributed by atoms with E-state index in [0.29, 0.717) is 11.6 Å². The molecule has 1 N–H and O–H groups in total. The van der Waals surface area contributed by atoms with Crippen molar-refractivity contribution in [3.05, 3.63) is 34.2 Å². The third-order valence-electron chi connectivity index (χ3n) is 5.15. The van der Waals surface area contributed by atoms with Gasteiger partial charge in [-0.05, 0) is 25.7 Å². The van der Waals surface area contributed by atoms with Crippen LogP contribution >= 0.6 is 11.3 Å². The van der Waals surface area contributed by atoms with Crippen molar-refractivity contribution in [2.45, 2.75) is 44.6 Å². The Hall–Kier alpha value is -2.06. The fraction of sp³-hybridized carbons (Fsp3) is 0.579. The Morgan fingerprint density at radius 3 is 2.93 bits per heavy atom. The topological polar surface area (TPSA) is 80.2 Å². The second-order valence-corrected chi connectivity index (χ2v) is 8.06. The predicted molar refractivity (Wildman–Crippen MR) is 104 cm³/mol. The number of carbonyl (C=O) groups is 1. The van der Waals surface area contributed by atoms with Gasteiger partial charge in [0.25, 0.3) is 5.91 Å². The summed E-state index contributed by atoms with van der Waals surface area (Å²) in [6.07, 6.45) is 5.46. The Bertz CT molecular complexity index is 784. The molecule has 0 radical (unpaired) electrons. The second-order valence-electron chi connectivity index (χ2n) is 7.12. The monoisotopic (exact) mass is 387 g/mol. The third-order valence-corrected chi connectivity index (χ3v) is 6.06. The molecule has 144 valence electrons. The molecule has 1 saturated carbocycles. The van der Waals surface area contributed by atoms with Crippen molar-refractivity contribution in [3.8, 4) is 0 Å².